The molecule has 2 heterocycles. The van der Waals surface area contributed by atoms with Gasteiger partial charge in [-0.25, -0.2) is 0 Å². The highest BCUT2D eigenvalue weighted by Gasteiger charge is 2.32. The summed E-state index contributed by atoms with van der Waals surface area (Å²) in [4.78, 5) is 15.1. The van der Waals surface area contributed by atoms with Crippen LogP contribution in [-0.4, -0.2) is 37.0 Å². The zero-order chi connectivity index (χ0) is 19.7. The van der Waals surface area contributed by atoms with E-state index in [9.17, 15) is 18.0 Å². The lowest BCUT2D eigenvalue weighted by Crippen LogP contribution is -2.33. The van der Waals surface area contributed by atoms with Crippen LogP contribution < -0.4 is 5.32 Å². The molecule has 2 aromatic carbocycles. The third kappa shape index (κ3) is 3.78. The normalized spacial score (nSPS) is 22.6. The zero-order valence-electron chi connectivity index (χ0n) is 15.5. The van der Waals surface area contributed by atoms with E-state index < -0.39 is 11.7 Å². The number of amides is 1. The minimum absolute atomic E-state index is 0.0385. The maximum Gasteiger partial charge on any atom is 0.416 e. The van der Waals surface area contributed by atoms with E-state index in [0.717, 1.165) is 51.2 Å². The fourth-order valence-electron chi connectivity index (χ4n) is 4.35. The van der Waals surface area contributed by atoms with E-state index in [1.165, 1.54) is 12.1 Å². The molecule has 2 fully saturated rings. The number of rotatable bonds is 2. The largest absolute Gasteiger partial charge is 0.416 e. The van der Waals surface area contributed by atoms with E-state index >= 15 is 0 Å². The Morgan fingerprint density at radius 1 is 0.929 bits per heavy atom. The van der Waals surface area contributed by atoms with Crippen LogP contribution in [0.2, 0.25) is 0 Å². The first-order valence-electron chi connectivity index (χ1n) is 9.70. The molecule has 2 aromatic rings. The van der Waals surface area contributed by atoms with Crippen LogP contribution in [0.5, 0.6) is 0 Å². The molecular weight excluding hydrogens is 365 g/mol. The van der Waals surface area contributed by atoms with Gasteiger partial charge in [-0.2, -0.15) is 13.2 Å². The topological polar surface area (TPSA) is 32.3 Å². The van der Waals surface area contributed by atoms with Gasteiger partial charge >= 0.3 is 6.18 Å². The summed E-state index contributed by atoms with van der Waals surface area (Å²) >= 11 is 0. The van der Waals surface area contributed by atoms with Gasteiger partial charge in [-0.15, -0.1) is 0 Å². The molecule has 2 saturated heterocycles. The van der Waals surface area contributed by atoms with Gasteiger partial charge in [0.25, 0.3) is 5.91 Å². The number of carbonyl (C=O) groups excluding carboxylic acids is 1. The molecule has 2 aliphatic heterocycles. The molecule has 1 amide bonds. The molecule has 0 radical (unpaired) electrons. The number of fused-ring (bicyclic) bond motifs is 1. The van der Waals surface area contributed by atoms with Crippen molar-refractivity contribution in [3.05, 3.63) is 59.7 Å². The molecule has 0 saturated carbocycles. The molecule has 28 heavy (non-hydrogen) atoms. The minimum Gasteiger partial charge on any atom is -0.339 e. The predicted octanol–water partition coefficient (Wildman–Crippen LogP) is 4.44. The Morgan fingerprint density at radius 3 is 2.14 bits per heavy atom. The molecule has 0 bridgehead atoms. The van der Waals surface area contributed by atoms with Crippen molar-refractivity contribution in [1.82, 2.24) is 10.2 Å². The van der Waals surface area contributed by atoms with Crippen molar-refractivity contribution in [1.29, 1.82) is 0 Å². The van der Waals surface area contributed by atoms with E-state index in [1.807, 2.05) is 11.0 Å². The van der Waals surface area contributed by atoms with Crippen molar-refractivity contribution in [3.8, 4) is 11.1 Å². The molecule has 0 unspecified atom stereocenters. The molecule has 3 nitrogen and oxygen atoms in total. The number of carbonyl (C=O) groups is 1. The molecule has 6 heteroatoms. The zero-order valence-corrected chi connectivity index (χ0v) is 15.5. The van der Waals surface area contributed by atoms with Crippen LogP contribution in [0, 0.1) is 11.8 Å². The van der Waals surface area contributed by atoms with Crippen molar-refractivity contribution >= 4 is 5.91 Å². The number of alkyl halides is 3. The summed E-state index contributed by atoms with van der Waals surface area (Å²) < 4.78 is 38.5. The van der Waals surface area contributed by atoms with E-state index in [4.69, 9.17) is 0 Å². The molecule has 4 rings (SSSR count). The second kappa shape index (κ2) is 7.59. The van der Waals surface area contributed by atoms with Gasteiger partial charge in [0.05, 0.1) is 5.56 Å². The van der Waals surface area contributed by atoms with Gasteiger partial charge in [-0.1, -0.05) is 30.3 Å². The summed E-state index contributed by atoms with van der Waals surface area (Å²) in [5, 5.41) is 3.43. The smallest absolute Gasteiger partial charge is 0.339 e. The van der Waals surface area contributed by atoms with Crippen molar-refractivity contribution < 1.29 is 18.0 Å². The molecule has 2 aliphatic rings. The van der Waals surface area contributed by atoms with Crippen LogP contribution in [0.15, 0.2) is 48.5 Å². The Kier molecular flexibility index (Phi) is 5.15. The number of hydrogen-bond acceptors (Lipinski definition) is 2. The number of likely N-dealkylation sites (tertiary alicyclic amines) is 1. The molecule has 1 N–H and O–H groups in total. The lowest BCUT2D eigenvalue weighted by atomic mass is 9.92. The fraction of sp³-hybridized carbons (Fsp3) is 0.409. The monoisotopic (exact) mass is 388 g/mol. The second-order valence-electron chi connectivity index (χ2n) is 7.67. The van der Waals surface area contributed by atoms with Crippen molar-refractivity contribution in [2.75, 3.05) is 26.2 Å². The van der Waals surface area contributed by atoms with E-state index in [2.05, 4.69) is 5.32 Å². The fourth-order valence-corrected chi connectivity index (χ4v) is 4.35. The van der Waals surface area contributed by atoms with Crippen LogP contribution in [0.25, 0.3) is 11.1 Å². The summed E-state index contributed by atoms with van der Waals surface area (Å²) in [6, 6.07) is 12.2. The highest BCUT2D eigenvalue weighted by molar-refractivity contribution is 6.00. The van der Waals surface area contributed by atoms with E-state index in [0.29, 0.717) is 28.5 Å². The quantitative estimate of drug-likeness (QED) is 0.825. The van der Waals surface area contributed by atoms with E-state index in [1.54, 1.807) is 18.2 Å². The highest BCUT2D eigenvalue weighted by atomic mass is 19.4. The van der Waals surface area contributed by atoms with E-state index in [-0.39, 0.29) is 5.91 Å². The van der Waals surface area contributed by atoms with Gasteiger partial charge in [-0.3, -0.25) is 4.79 Å². The summed E-state index contributed by atoms with van der Waals surface area (Å²) in [6.07, 6.45) is -2.38. The second-order valence-corrected chi connectivity index (χ2v) is 7.67. The standard InChI is InChI=1S/C22H23F3N2O/c23-22(24,25)18-7-5-15(6-8-18)19-3-1-2-4-20(19)21(28)27-11-9-16-13-26-14-17(16)10-12-27/h1-8,16-17,26H,9-14H2/t16-,17+. The van der Waals surface area contributed by atoms with Crippen LogP contribution in [-0.2, 0) is 6.18 Å². The number of hydrogen-bond donors (Lipinski definition) is 1. The number of benzene rings is 2. The Hall–Kier alpha value is -2.34. The van der Waals surface area contributed by atoms with Crippen molar-refractivity contribution in [3.63, 3.8) is 0 Å². The number of nitrogens with zero attached hydrogens (tertiary/aromatic N) is 1. The number of halogens is 3. The van der Waals surface area contributed by atoms with Crippen LogP contribution in [0.1, 0.15) is 28.8 Å². The van der Waals surface area contributed by atoms with Crippen molar-refractivity contribution in [2.45, 2.75) is 19.0 Å². The Morgan fingerprint density at radius 2 is 1.54 bits per heavy atom. The average Bonchev–Trinajstić information content (AvgIpc) is 3.05. The summed E-state index contributed by atoms with van der Waals surface area (Å²) in [6.45, 7) is 3.50. The summed E-state index contributed by atoms with van der Waals surface area (Å²) in [5.41, 5.74) is 1.15. The lowest BCUT2D eigenvalue weighted by molar-refractivity contribution is -0.137. The van der Waals surface area contributed by atoms with Gasteiger partial charge in [0.15, 0.2) is 0 Å². The van der Waals surface area contributed by atoms with Crippen LogP contribution in [0.3, 0.4) is 0 Å². The van der Waals surface area contributed by atoms with Gasteiger partial charge < -0.3 is 10.2 Å². The SMILES string of the molecule is O=C(c1ccccc1-c1ccc(C(F)(F)F)cc1)N1CC[C@@H]2CNC[C@@H]2CC1. The average molecular weight is 388 g/mol. The van der Waals surface area contributed by atoms with Gasteiger partial charge in [0.1, 0.15) is 0 Å². The third-order valence-corrected chi connectivity index (χ3v) is 5.99. The maximum absolute atomic E-state index is 13.2. The first kappa shape index (κ1) is 19.0. The van der Waals surface area contributed by atoms with Gasteiger partial charge in [-0.05, 0) is 67.1 Å². The van der Waals surface area contributed by atoms with Crippen LogP contribution in [0.4, 0.5) is 13.2 Å². The molecule has 0 spiro atoms. The molecular formula is C22H23F3N2O. The molecule has 0 aromatic heterocycles. The maximum atomic E-state index is 13.2. The predicted molar refractivity (Wildman–Crippen MR) is 102 cm³/mol. The molecule has 148 valence electrons. The summed E-state index contributed by atoms with van der Waals surface area (Å²) in [5.74, 6) is 1.22. The molecule has 0 aliphatic carbocycles. The Labute approximate surface area is 162 Å². The van der Waals surface area contributed by atoms with Crippen molar-refractivity contribution in [2.24, 2.45) is 11.8 Å². The minimum atomic E-state index is -4.37. The van der Waals surface area contributed by atoms with Gasteiger partial charge in [0, 0.05) is 18.7 Å². The van der Waals surface area contributed by atoms with Gasteiger partial charge in [0.2, 0.25) is 0 Å². The summed E-state index contributed by atoms with van der Waals surface area (Å²) in [7, 11) is 0. The Balaban J connectivity index is 1.58. The van der Waals surface area contributed by atoms with Crippen LogP contribution >= 0.6 is 0 Å². The first-order chi connectivity index (χ1) is 13.4. The molecule has 2 atom stereocenters. The Bertz CT molecular complexity index is 834. The number of nitrogens with one attached hydrogen (secondary N) is 1. The highest BCUT2D eigenvalue weighted by Crippen LogP contribution is 2.33. The third-order valence-electron chi connectivity index (χ3n) is 5.99. The lowest BCUT2D eigenvalue weighted by Gasteiger charge is -2.22. The first-order valence-corrected chi connectivity index (χ1v) is 9.70.